The van der Waals surface area contributed by atoms with E-state index in [1.54, 1.807) is 55.4 Å². The molecule has 0 aliphatic heterocycles. The number of amides is 1. The lowest BCUT2D eigenvalue weighted by molar-refractivity contribution is -0.163. The molecule has 0 aromatic heterocycles. The van der Waals surface area contributed by atoms with Crippen molar-refractivity contribution in [2.45, 2.75) is 73.0 Å². The molecule has 158 valence electrons. The van der Waals surface area contributed by atoms with Crippen LogP contribution in [0.25, 0.3) is 0 Å². The summed E-state index contributed by atoms with van der Waals surface area (Å²) in [5, 5.41) is 11.0. The number of rotatable bonds is 5. The first-order chi connectivity index (χ1) is 12.7. The zero-order valence-corrected chi connectivity index (χ0v) is 18.5. The molecule has 0 radical (unpaired) electrons. The third kappa shape index (κ3) is 6.96. The van der Waals surface area contributed by atoms with Gasteiger partial charge >= 0.3 is 12.1 Å². The second-order valence-electron chi connectivity index (χ2n) is 8.25. The topological polar surface area (TPSA) is 85.3 Å². The molecule has 7 nitrogen and oxygen atoms in total. The Morgan fingerprint density at radius 2 is 1.71 bits per heavy atom. The van der Waals surface area contributed by atoms with Crippen molar-refractivity contribution in [3.8, 4) is 0 Å². The Bertz CT molecular complexity index is 721. The second kappa shape index (κ2) is 9.11. The van der Waals surface area contributed by atoms with Crippen molar-refractivity contribution in [2.75, 3.05) is 11.5 Å². The van der Waals surface area contributed by atoms with Crippen LogP contribution in [0.1, 0.15) is 64.4 Å². The van der Waals surface area contributed by atoms with Gasteiger partial charge in [-0.1, -0.05) is 11.6 Å². The minimum atomic E-state index is -1.70. The Morgan fingerprint density at radius 1 is 1.14 bits per heavy atom. The van der Waals surface area contributed by atoms with E-state index in [-0.39, 0.29) is 17.9 Å². The standard InChI is InChI=1S/C20H30ClNO6/c1-9-26-16(23)13-11-14(21)12(2)10-15(13)22(17(24)27-19(3,4)5)18(25)28-20(6,7)8/h10-11,17,24H,9H2,1-8H3. The van der Waals surface area contributed by atoms with E-state index in [9.17, 15) is 14.7 Å². The quantitative estimate of drug-likeness (QED) is 0.556. The van der Waals surface area contributed by atoms with Gasteiger partial charge in [0.1, 0.15) is 5.60 Å². The molecule has 28 heavy (non-hydrogen) atoms. The fourth-order valence-electron chi connectivity index (χ4n) is 2.23. The summed E-state index contributed by atoms with van der Waals surface area (Å²) >= 11 is 6.17. The number of benzene rings is 1. The van der Waals surface area contributed by atoms with Gasteiger partial charge in [0.2, 0.25) is 6.41 Å². The zero-order chi connectivity index (χ0) is 21.9. The van der Waals surface area contributed by atoms with Gasteiger partial charge < -0.3 is 19.3 Å². The summed E-state index contributed by atoms with van der Waals surface area (Å²) in [5.74, 6) is -0.684. The molecule has 0 fully saturated rings. The number of esters is 1. The first-order valence-electron chi connectivity index (χ1n) is 9.01. The van der Waals surface area contributed by atoms with Crippen molar-refractivity contribution < 1.29 is 28.9 Å². The van der Waals surface area contributed by atoms with E-state index in [2.05, 4.69) is 0 Å². The van der Waals surface area contributed by atoms with Crippen LogP contribution in [-0.4, -0.2) is 41.4 Å². The minimum Gasteiger partial charge on any atom is -0.462 e. The Balaban J connectivity index is 3.57. The van der Waals surface area contributed by atoms with E-state index >= 15 is 0 Å². The SMILES string of the molecule is CCOC(=O)c1cc(Cl)c(C)cc1N(C(=O)OC(C)(C)C)C(O)OC(C)(C)C. The van der Waals surface area contributed by atoms with E-state index in [0.717, 1.165) is 4.90 Å². The summed E-state index contributed by atoms with van der Waals surface area (Å²) in [6.45, 7) is 13.8. The monoisotopic (exact) mass is 415 g/mol. The van der Waals surface area contributed by atoms with Gasteiger partial charge in [-0.05, 0) is 73.1 Å². The zero-order valence-electron chi connectivity index (χ0n) is 17.8. The number of anilines is 1. The largest absolute Gasteiger partial charge is 0.462 e. The van der Waals surface area contributed by atoms with Gasteiger partial charge in [0.25, 0.3) is 0 Å². The number of aliphatic hydroxyl groups is 1. The highest BCUT2D eigenvalue weighted by molar-refractivity contribution is 6.32. The van der Waals surface area contributed by atoms with Crippen molar-refractivity contribution in [3.05, 3.63) is 28.3 Å². The lowest BCUT2D eigenvalue weighted by Gasteiger charge is -2.34. The van der Waals surface area contributed by atoms with Crippen LogP contribution in [0, 0.1) is 6.92 Å². The summed E-state index contributed by atoms with van der Waals surface area (Å²) in [5.41, 5.74) is -0.916. The predicted molar refractivity (Wildman–Crippen MR) is 108 cm³/mol. The molecule has 0 heterocycles. The van der Waals surface area contributed by atoms with Gasteiger partial charge in [0.15, 0.2) is 0 Å². The van der Waals surface area contributed by atoms with Crippen molar-refractivity contribution in [3.63, 3.8) is 0 Å². The molecule has 0 aliphatic carbocycles. The number of nitrogens with zero attached hydrogens (tertiary/aromatic N) is 1. The molecule has 1 rings (SSSR count). The summed E-state index contributed by atoms with van der Waals surface area (Å²) < 4.78 is 16.0. The molecule has 0 spiro atoms. The fraction of sp³-hybridized carbons (Fsp3) is 0.600. The van der Waals surface area contributed by atoms with Gasteiger partial charge in [-0.3, -0.25) is 0 Å². The highest BCUT2D eigenvalue weighted by Crippen LogP contribution is 2.32. The molecule has 1 unspecified atom stereocenters. The van der Waals surface area contributed by atoms with Gasteiger partial charge in [0, 0.05) is 5.02 Å². The van der Waals surface area contributed by atoms with Crippen LogP contribution in [0.4, 0.5) is 10.5 Å². The maximum atomic E-state index is 12.9. The van der Waals surface area contributed by atoms with Crippen LogP contribution in [0.5, 0.6) is 0 Å². The third-order valence-electron chi connectivity index (χ3n) is 3.30. The van der Waals surface area contributed by atoms with Crippen LogP contribution < -0.4 is 4.90 Å². The summed E-state index contributed by atoms with van der Waals surface area (Å²) in [7, 11) is 0. The fourth-order valence-corrected chi connectivity index (χ4v) is 2.39. The number of carbonyl (C=O) groups excluding carboxylic acids is 2. The number of ether oxygens (including phenoxy) is 3. The minimum absolute atomic E-state index is 0.0138. The molecule has 1 N–H and O–H groups in total. The second-order valence-corrected chi connectivity index (χ2v) is 8.65. The van der Waals surface area contributed by atoms with Gasteiger partial charge in [-0.15, -0.1) is 0 Å². The first kappa shape index (κ1) is 24.2. The van der Waals surface area contributed by atoms with E-state index in [0.29, 0.717) is 10.6 Å². The molecule has 8 heteroatoms. The molecule has 1 atom stereocenters. The molecule has 0 bridgehead atoms. The Morgan fingerprint density at radius 3 is 2.18 bits per heavy atom. The Kier molecular flexibility index (Phi) is 7.88. The predicted octanol–water partition coefficient (Wildman–Crippen LogP) is 4.66. The Hall–Kier alpha value is -1.83. The average Bonchev–Trinajstić information content (AvgIpc) is 2.47. The van der Waals surface area contributed by atoms with Crippen LogP contribution in [0.3, 0.4) is 0 Å². The molecule has 1 aromatic rings. The normalized spacial score (nSPS) is 13.1. The lowest BCUT2D eigenvalue weighted by Crippen LogP contribution is -2.48. The van der Waals surface area contributed by atoms with Crippen molar-refractivity contribution in [2.24, 2.45) is 0 Å². The smallest absolute Gasteiger partial charge is 0.418 e. The highest BCUT2D eigenvalue weighted by Gasteiger charge is 2.35. The van der Waals surface area contributed by atoms with Crippen molar-refractivity contribution in [1.29, 1.82) is 0 Å². The van der Waals surface area contributed by atoms with E-state index < -0.39 is 29.7 Å². The van der Waals surface area contributed by atoms with E-state index in [1.807, 2.05) is 0 Å². The number of hydrogen-bond donors (Lipinski definition) is 1. The van der Waals surface area contributed by atoms with Crippen LogP contribution >= 0.6 is 11.6 Å². The van der Waals surface area contributed by atoms with Crippen molar-refractivity contribution >= 4 is 29.4 Å². The molecule has 0 saturated heterocycles. The molecular formula is C20H30ClNO6. The van der Waals surface area contributed by atoms with Crippen LogP contribution in [0.2, 0.25) is 5.02 Å². The van der Waals surface area contributed by atoms with Gasteiger partial charge in [-0.25, -0.2) is 14.5 Å². The maximum absolute atomic E-state index is 12.9. The average molecular weight is 416 g/mol. The molecule has 1 amide bonds. The third-order valence-corrected chi connectivity index (χ3v) is 3.71. The van der Waals surface area contributed by atoms with Crippen molar-refractivity contribution in [1.82, 2.24) is 0 Å². The van der Waals surface area contributed by atoms with E-state index in [4.69, 9.17) is 25.8 Å². The Labute approximate surface area is 171 Å². The maximum Gasteiger partial charge on any atom is 0.418 e. The lowest BCUT2D eigenvalue weighted by atomic mass is 10.1. The van der Waals surface area contributed by atoms with Gasteiger partial charge in [0.05, 0.1) is 23.5 Å². The summed E-state index contributed by atoms with van der Waals surface area (Å²) in [6.07, 6.45) is -2.58. The van der Waals surface area contributed by atoms with Gasteiger partial charge in [-0.2, -0.15) is 0 Å². The van der Waals surface area contributed by atoms with Crippen LogP contribution in [-0.2, 0) is 14.2 Å². The molecule has 1 aromatic carbocycles. The summed E-state index contributed by atoms with van der Waals surface area (Å²) in [4.78, 5) is 26.2. The number of aryl methyl sites for hydroxylation is 1. The molecule has 0 aliphatic rings. The molecule has 0 saturated carbocycles. The summed E-state index contributed by atoms with van der Waals surface area (Å²) in [6, 6.07) is 2.90. The number of halogens is 1. The first-order valence-corrected chi connectivity index (χ1v) is 9.39. The molecular weight excluding hydrogens is 386 g/mol. The van der Waals surface area contributed by atoms with E-state index in [1.165, 1.54) is 12.1 Å². The number of aliphatic hydroxyl groups excluding tert-OH is 1. The number of carbonyl (C=O) groups is 2. The number of hydrogen-bond acceptors (Lipinski definition) is 6. The van der Waals surface area contributed by atoms with Crippen LogP contribution in [0.15, 0.2) is 12.1 Å². The highest BCUT2D eigenvalue weighted by atomic mass is 35.5.